The maximum absolute atomic E-state index is 13.1. The molecular weight excluding hydrogens is 273 g/mol. The Bertz CT molecular complexity index is 643. The average Bonchev–Trinajstić information content (AvgIpc) is 2.46. The largest absolute Gasteiger partial charge is 0.489 e. The maximum atomic E-state index is 13.1. The second-order valence-electron chi connectivity index (χ2n) is 4.58. The fourth-order valence-electron chi connectivity index (χ4n) is 2.04. The van der Waals surface area contributed by atoms with Crippen LogP contribution < -0.4 is 10.5 Å². The summed E-state index contributed by atoms with van der Waals surface area (Å²) in [5.41, 5.74) is 7.61. The van der Waals surface area contributed by atoms with E-state index >= 15 is 0 Å². The lowest BCUT2D eigenvalue weighted by Gasteiger charge is -2.12. The third kappa shape index (κ3) is 4.03. The fourth-order valence-corrected chi connectivity index (χ4v) is 2.04. The van der Waals surface area contributed by atoms with Gasteiger partial charge in [-0.2, -0.15) is 0 Å². The zero-order valence-corrected chi connectivity index (χ0v) is 11.4. The van der Waals surface area contributed by atoms with E-state index in [9.17, 15) is 9.18 Å². The van der Waals surface area contributed by atoms with Gasteiger partial charge in [0.2, 0.25) is 0 Å². The standard InChI is InChI=1S/C16H16FNO3/c17-14-5-6-15(13(7-14)9-18)21-10-12-4-2-1-3-11(12)8-16(19)20/h1-7H,8-10,18H2,(H,19,20). The lowest BCUT2D eigenvalue weighted by molar-refractivity contribution is -0.136. The second kappa shape index (κ2) is 6.85. The Morgan fingerprint density at radius 3 is 2.52 bits per heavy atom. The molecule has 0 saturated heterocycles. The molecule has 4 nitrogen and oxygen atoms in total. The number of ether oxygens (including phenoxy) is 1. The first kappa shape index (κ1) is 15.0. The second-order valence-corrected chi connectivity index (χ2v) is 4.58. The Hall–Kier alpha value is -2.40. The zero-order chi connectivity index (χ0) is 15.2. The predicted molar refractivity (Wildman–Crippen MR) is 76.4 cm³/mol. The van der Waals surface area contributed by atoms with Gasteiger partial charge in [0.1, 0.15) is 18.2 Å². The summed E-state index contributed by atoms with van der Waals surface area (Å²) in [5, 5.41) is 8.89. The first-order valence-corrected chi connectivity index (χ1v) is 6.50. The van der Waals surface area contributed by atoms with Crippen LogP contribution in [-0.2, 0) is 24.4 Å². The highest BCUT2D eigenvalue weighted by molar-refractivity contribution is 5.70. The van der Waals surface area contributed by atoms with E-state index in [1.165, 1.54) is 18.2 Å². The lowest BCUT2D eigenvalue weighted by atomic mass is 10.1. The van der Waals surface area contributed by atoms with Crippen molar-refractivity contribution >= 4 is 5.97 Å². The molecule has 0 unspecified atom stereocenters. The van der Waals surface area contributed by atoms with Crippen LogP contribution in [0.3, 0.4) is 0 Å². The lowest BCUT2D eigenvalue weighted by Crippen LogP contribution is -2.07. The molecule has 0 saturated carbocycles. The minimum atomic E-state index is -0.896. The monoisotopic (exact) mass is 289 g/mol. The smallest absolute Gasteiger partial charge is 0.307 e. The van der Waals surface area contributed by atoms with Crippen molar-refractivity contribution in [2.45, 2.75) is 19.6 Å². The van der Waals surface area contributed by atoms with Gasteiger partial charge in [0.05, 0.1) is 6.42 Å². The summed E-state index contributed by atoms with van der Waals surface area (Å²) in [7, 11) is 0. The third-order valence-electron chi connectivity index (χ3n) is 3.09. The van der Waals surface area contributed by atoms with Crippen molar-refractivity contribution in [3.63, 3.8) is 0 Å². The molecular formula is C16H16FNO3. The molecule has 0 spiro atoms. The van der Waals surface area contributed by atoms with E-state index < -0.39 is 5.97 Å². The Kier molecular flexibility index (Phi) is 4.90. The summed E-state index contributed by atoms with van der Waals surface area (Å²) in [6, 6.07) is 11.3. The number of carbonyl (C=O) groups is 1. The average molecular weight is 289 g/mol. The summed E-state index contributed by atoms with van der Waals surface area (Å²) in [6.45, 7) is 0.381. The van der Waals surface area contributed by atoms with Crippen molar-refractivity contribution in [1.29, 1.82) is 0 Å². The first-order chi connectivity index (χ1) is 10.1. The molecule has 0 aliphatic carbocycles. The Balaban J connectivity index is 2.15. The number of rotatable bonds is 6. The van der Waals surface area contributed by atoms with Crippen molar-refractivity contribution in [3.05, 3.63) is 65.0 Å². The van der Waals surface area contributed by atoms with Gasteiger partial charge in [0, 0.05) is 12.1 Å². The van der Waals surface area contributed by atoms with E-state index in [1.54, 1.807) is 12.1 Å². The molecule has 110 valence electrons. The highest BCUT2D eigenvalue weighted by Crippen LogP contribution is 2.21. The number of halogens is 1. The van der Waals surface area contributed by atoms with Gasteiger partial charge in [-0.1, -0.05) is 24.3 Å². The predicted octanol–water partition coefficient (Wildman–Crippen LogP) is 2.49. The quantitative estimate of drug-likeness (QED) is 0.857. The van der Waals surface area contributed by atoms with E-state index in [-0.39, 0.29) is 25.4 Å². The molecule has 0 heterocycles. The minimum Gasteiger partial charge on any atom is -0.489 e. The highest BCUT2D eigenvalue weighted by Gasteiger charge is 2.09. The number of carboxylic acid groups (broad SMARTS) is 1. The van der Waals surface area contributed by atoms with Crippen molar-refractivity contribution in [1.82, 2.24) is 0 Å². The molecule has 0 bridgehead atoms. The van der Waals surface area contributed by atoms with Gasteiger partial charge >= 0.3 is 5.97 Å². The normalized spacial score (nSPS) is 10.4. The molecule has 2 aromatic carbocycles. The molecule has 0 aromatic heterocycles. The Labute approximate surface area is 122 Å². The van der Waals surface area contributed by atoms with Crippen LogP contribution >= 0.6 is 0 Å². The number of carboxylic acids is 1. The summed E-state index contributed by atoms with van der Waals surface area (Å²) in [6.07, 6.45) is -0.0628. The van der Waals surface area contributed by atoms with Crippen molar-refractivity contribution in [2.24, 2.45) is 5.73 Å². The molecule has 21 heavy (non-hydrogen) atoms. The van der Waals surface area contributed by atoms with Crippen LogP contribution in [0.1, 0.15) is 16.7 Å². The van der Waals surface area contributed by atoms with Crippen molar-refractivity contribution in [3.8, 4) is 5.75 Å². The number of hydrogen-bond donors (Lipinski definition) is 2. The van der Waals surface area contributed by atoms with Gasteiger partial charge in [-0.05, 0) is 29.3 Å². The zero-order valence-electron chi connectivity index (χ0n) is 11.4. The number of nitrogens with two attached hydrogens (primary N) is 1. The van der Waals surface area contributed by atoms with Crippen LogP contribution in [0.15, 0.2) is 42.5 Å². The van der Waals surface area contributed by atoms with Crippen LogP contribution in [0, 0.1) is 5.82 Å². The Morgan fingerprint density at radius 2 is 1.86 bits per heavy atom. The van der Waals surface area contributed by atoms with E-state index in [2.05, 4.69) is 0 Å². The molecule has 0 aliphatic rings. The van der Waals surface area contributed by atoms with Crippen molar-refractivity contribution < 1.29 is 19.0 Å². The first-order valence-electron chi connectivity index (χ1n) is 6.50. The summed E-state index contributed by atoms with van der Waals surface area (Å²) in [5.74, 6) is -0.759. The molecule has 0 atom stereocenters. The van der Waals surface area contributed by atoms with Crippen LogP contribution in [-0.4, -0.2) is 11.1 Å². The van der Waals surface area contributed by atoms with Crippen molar-refractivity contribution in [2.75, 3.05) is 0 Å². The third-order valence-corrected chi connectivity index (χ3v) is 3.09. The van der Waals surface area contributed by atoms with Crippen LogP contribution in [0.2, 0.25) is 0 Å². The SMILES string of the molecule is NCc1cc(F)ccc1OCc1ccccc1CC(=O)O. The van der Waals surface area contributed by atoms with Crippen LogP contribution in [0.5, 0.6) is 5.75 Å². The number of benzene rings is 2. The van der Waals surface area contributed by atoms with Gasteiger partial charge in [0.25, 0.3) is 0 Å². The molecule has 0 aliphatic heterocycles. The molecule has 2 rings (SSSR count). The van der Waals surface area contributed by atoms with E-state index in [0.717, 1.165) is 5.56 Å². The molecule has 5 heteroatoms. The van der Waals surface area contributed by atoms with Gasteiger partial charge in [-0.25, -0.2) is 4.39 Å². The van der Waals surface area contributed by atoms with Crippen LogP contribution in [0.4, 0.5) is 4.39 Å². The number of aliphatic carboxylic acids is 1. The van der Waals surface area contributed by atoms with Gasteiger partial charge in [-0.15, -0.1) is 0 Å². The van der Waals surface area contributed by atoms with Gasteiger partial charge in [-0.3, -0.25) is 4.79 Å². The fraction of sp³-hybridized carbons (Fsp3) is 0.188. The molecule has 0 amide bonds. The molecule has 0 fully saturated rings. The number of hydrogen-bond acceptors (Lipinski definition) is 3. The van der Waals surface area contributed by atoms with E-state index in [4.69, 9.17) is 15.6 Å². The topological polar surface area (TPSA) is 72.5 Å². The molecule has 0 radical (unpaired) electrons. The Morgan fingerprint density at radius 1 is 1.14 bits per heavy atom. The van der Waals surface area contributed by atoms with Crippen LogP contribution in [0.25, 0.3) is 0 Å². The van der Waals surface area contributed by atoms with E-state index in [0.29, 0.717) is 16.9 Å². The maximum Gasteiger partial charge on any atom is 0.307 e. The minimum absolute atomic E-state index is 0.0628. The van der Waals surface area contributed by atoms with Gasteiger partial charge < -0.3 is 15.6 Å². The molecule has 3 N–H and O–H groups in total. The van der Waals surface area contributed by atoms with E-state index in [1.807, 2.05) is 12.1 Å². The van der Waals surface area contributed by atoms with Gasteiger partial charge in [0.15, 0.2) is 0 Å². The molecule has 2 aromatic rings. The summed E-state index contributed by atoms with van der Waals surface area (Å²) >= 11 is 0. The highest BCUT2D eigenvalue weighted by atomic mass is 19.1. The summed E-state index contributed by atoms with van der Waals surface area (Å²) in [4.78, 5) is 10.8. The summed E-state index contributed by atoms with van der Waals surface area (Å²) < 4.78 is 18.8.